The fourth-order valence-electron chi connectivity index (χ4n) is 2.51. The molecule has 2 saturated carbocycles. The van der Waals surface area contributed by atoms with Crippen LogP contribution in [0, 0.1) is 5.92 Å². The molecule has 0 aromatic heterocycles. The SMILES string of the molecule is CCC1CCC(NC2CCC2)C1. The third kappa shape index (κ3) is 1.82. The van der Waals surface area contributed by atoms with Crippen molar-refractivity contribution in [3.63, 3.8) is 0 Å². The van der Waals surface area contributed by atoms with Gasteiger partial charge in [0.25, 0.3) is 0 Å². The van der Waals surface area contributed by atoms with Gasteiger partial charge in [-0.3, -0.25) is 0 Å². The molecule has 2 fully saturated rings. The van der Waals surface area contributed by atoms with Crippen LogP contribution in [0.1, 0.15) is 51.9 Å². The lowest BCUT2D eigenvalue weighted by Crippen LogP contribution is -2.41. The molecular weight excluding hydrogens is 146 g/mol. The Bertz CT molecular complexity index is 140. The van der Waals surface area contributed by atoms with Crippen LogP contribution in [0.5, 0.6) is 0 Å². The van der Waals surface area contributed by atoms with E-state index in [1.165, 1.54) is 44.9 Å². The smallest absolute Gasteiger partial charge is 0.00723 e. The molecule has 1 N–H and O–H groups in total. The summed E-state index contributed by atoms with van der Waals surface area (Å²) in [6, 6.07) is 1.77. The summed E-state index contributed by atoms with van der Waals surface area (Å²) in [7, 11) is 0. The van der Waals surface area contributed by atoms with Gasteiger partial charge in [-0.25, -0.2) is 0 Å². The van der Waals surface area contributed by atoms with Crippen LogP contribution >= 0.6 is 0 Å². The van der Waals surface area contributed by atoms with E-state index in [1.807, 2.05) is 0 Å². The molecule has 1 nitrogen and oxygen atoms in total. The van der Waals surface area contributed by atoms with Crippen molar-refractivity contribution in [3.8, 4) is 0 Å². The third-order valence-electron chi connectivity index (χ3n) is 3.70. The van der Waals surface area contributed by atoms with Crippen molar-refractivity contribution >= 4 is 0 Å². The van der Waals surface area contributed by atoms with Crippen LogP contribution in [0.3, 0.4) is 0 Å². The highest BCUT2D eigenvalue weighted by Crippen LogP contribution is 2.30. The van der Waals surface area contributed by atoms with Crippen molar-refractivity contribution in [2.75, 3.05) is 0 Å². The Morgan fingerprint density at radius 1 is 1.08 bits per heavy atom. The quantitative estimate of drug-likeness (QED) is 0.681. The lowest BCUT2D eigenvalue weighted by atomic mass is 9.92. The molecule has 2 unspecified atom stereocenters. The molecule has 2 aliphatic rings. The van der Waals surface area contributed by atoms with Crippen LogP contribution in [-0.2, 0) is 0 Å². The molecule has 0 saturated heterocycles. The molecule has 0 heterocycles. The van der Waals surface area contributed by atoms with Crippen molar-refractivity contribution in [3.05, 3.63) is 0 Å². The van der Waals surface area contributed by atoms with E-state index in [-0.39, 0.29) is 0 Å². The fraction of sp³-hybridized carbons (Fsp3) is 1.00. The Labute approximate surface area is 75.9 Å². The summed E-state index contributed by atoms with van der Waals surface area (Å²) in [4.78, 5) is 0. The van der Waals surface area contributed by atoms with E-state index in [9.17, 15) is 0 Å². The normalized spacial score (nSPS) is 36.8. The molecule has 0 aromatic rings. The van der Waals surface area contributed by atoms with E-state index >= 15 is 0 Å². The van der Waals surface area contributed by atoms with Crippen molar-refractivity contribution in [1.29, 1.82) is 0 Å². The van der Waals surface area contributed by atoms with Gasteiger partial charge in [-0.1, -0.05) is 19.8 Å². The summed E-state index contributed by atoms with van der Waals surface area (Å²) in [5.41, 5.74) is 0. The summed E-state index contributed by atoms with van der Waals surface area (Å²) >= 11 is 0. The lowest BCUT2D eigenvalue weighted by molar-refractivity contribution is 0.301. The molecule has 70 valence electrons. The van der Waals surface area contributed by atoms with Gasteiger partial charge in [0.15, 0.2) is 0 Å². The summed E-state index contributed by atoms with van der Waals surface area (Å²) in [5, 5.41) is 3.78. The van der Waals surface area contributed by atoms with Gasteiger partial charge in [-0.15, -0.1) is 0 Å². The Hall–Kier alpha value is -0.0400. The average molecular weight is 167 g/mol. The molecule has 2 atom stereocenters. The number of hydrogen-bond acceptors (Lipinski definition) is 1. The standard InChI is InChI=1S/C11H21N/c1-2-9-6-7-11(8-9)12-10-4-3-5-10/h9-12H,2-8H2,1H3. The highest BCUT2D eigenvalue weighted by Gasteiger charge is 2.27. The van der Waals surface area contributed by atoms with Crippen molar-refractivity contribution < 1.29 is 0 Å². The van der Waals surface area contributed by atoms with Crippen LogP contribution in [0.2, 0.25) is 0 Å². The first-order valence-electron chi connectivity index (χ1n) is 5.64. The zero-order valence-electron chi connectivity index (χ0n) is 8.18. The molecule has 12 heavy (non-hydrogen) atoms. The number of hydrogen-bond donors (Lipinski definition) is 1. The first-order valence-corrected chi connectivity index (χ1v) is 5.64. The molecule has 0 aliphatic heterocycles. The van der Waals surface area contributed by atoms with E-state index in [0.29, 0.717) is 0 Å². The zero-order valence-corrected chi connectivity index (χ0v) is 8.18. The van der Waals surface area contributed by atoms with Crippen LogP contribution < -0.4 is 5.32 Å². The Balaban J connectivity index is 1.68. The van der Waals surface area contributed by atoms with Gasteiger partial charge >= 0.3 is 0 Å². The third-order valence-corrected chi connectivity index (χ3v) is 3.70. The van der Waals surface area contributed by atoms with Gasteiger partial charge in [-0.2, -0.15) is 0 Å². The first kappa shape index (κ1) is 8.55. The maximum Gasteiger partial charge on any atom is 0.00723 e. The minimum absolute atomic E-state index is 0.875. The Kier molecular flexibility index (Phi) is 2.69. The van der Waals surface area contributed by atoms with Crippen LogP contribution in [0.25, 0.3) is 0 Å². The predicted molar refractivity (Wildman–Crippen MR) is 52.2 cm³/mol. The topological polar surface area (TPSA) is 12.0 Å². The van der Waals surface area contributed by atoms with Gasteiger partial charge in [0.2, 0.25) is 0 Å². The second-order valence-electron chi connectivity index (χ2n) is 4.58. The van der Waals surface area contributed by atoms with Crippen LogP contribution in [-0.4, -0.2) is 12.1 Å². The Morgan fingerprint density at radius 3 is 2.42 bits per heavy atom. The van der Waals surface area contributed by atoms with Crippen molar-refractivity contribution in [2.45, 2.75) is 64.0 Å². The second-order valence-corrected chi connectivity index (χ2v) is 4.58. The van der Waals surface area contributed by atoms with Gasteiger partial charge < -0.3 is 5.32 Å². The van der Waals surface area contributed by atoms with E-state index in [2.05, 4.69) is 12.2 Å². The first-order chi connectivity index (χ1) is 5.88. The van der Waals surface area contributed by atoms with Gasteiger partial charge in [-0.05, 0) is 38.0 Å². The second kappa shape index (κ2) is 3.78. The van der Waals surface area contributed by atoms with Gasteiger partial charge in [0.05, 0.1) is 0 Å². The summed E-state index contributed by atoms with van der Waals surface area (Å²) in [6.07, 6.45) is 10.1. The fourth-order valence-corrected chi connectivity index (χ4v) is 2.51. The molecule has 2 rings (SSSR count). The van der Waals surface area contributed by atoms with E-state index in [4.69, 9.17) is 0 Å². The summed E-state index contributed by atoms with van der Waals surface area (Å²) in [6.45, 7) is 2.33. The van der Waals surface area contributed by atoms with Crippen LogP contribution in [0.4, 0.5) is 0 Å². The Morgan fingerprint density at radius 2 is 1.92 bits per heavy atom. The monoisotopic (exact) mass is 167 g/mol. The molecule has 0 spiro atoms. The minimum atomic E-state index is 0.875. The highest BCUT2D eigenvalue weighted by atomic mass is 15.0. The molecule has 0 bridgehead atoms. The molecule has 2 aliphatic carbocycles. The van der Waals surface area contributed by atoms with Crippen LogP contribution in [0.15, 0.2) is 0 Å². The van der Waals surface area contributed by atoms with Crippen molar-refractivity contribution in [2.24, 2.45) is 5.92 Å². The number of rotatable bonds is 3. The molecule has 0 radical (unpaired) electrons. The van der Waals surface area contributed by atoms with Gasteiger partial charge in [0.1, 0.15) is 0 Å². The van der Waals surface area contributed by atoms with Crippen molar-refractivity contribution in [1.82, 2.24) is 5.32 Å². The molecule has 1 heteroatoms. The molecule has 0 amide bonds. The minimum Gasteiger partial charge on any atom is -0.311 e. The maximum atomic E-state index is 3.78. The number of nitrogens with one attached hydrogen (secondary N) is 1. The maximum absolute atomic E-state index is 3.78. The van der Waals surface area contributed by atoms with Gasteiger partial charge in [0, 0.05) is 12.1 Å². The predicted octanol–water partition coefficient (Wildman–Crippen LogP) is 2.71. The lowest BCUT2D eigenvalue weighted by Gasteiger charge is -2.30. The van der Waals surface area contributed by atoms with E-state index < -0.39 is 0 Å². The molecule has 0 aromatic carbocycles. The largest absolute Gasteiger partial charge is 0.311 e. The van der Waals surface area contributed by atoms with E-state index in [1.54, 1.807) is 0 Å². The molecular formula is C11H21N. The van der Waals surface area contributed by atoms with E-state index in [0.717, 1.165) is 18.0 Å². The summed E-state index contributed by atoms with van der Waals surface area (Å²) in [5.74, 6) is 1.03. The zero-order chi connectivity index (χ0) is 8.39. The average Bonchev–Trinajstić information content (AvgIpc) is 2.44. The highest BCUT2D eigenvalue weighted by molar-refractivity contribution is 4.85. The summed E-state index contributed by atoms with van der Waals surface area (Å²) < 4.78 is 0.